The average Bonchev–Trinajstić information content (AvgIpc) is 2.46. The van der Waals surface area contributed by atoms with Crippen LogP contribution < -0.4 is 5.32 Å². The summed E-state index contributed by atoms with van der Waals surface area (Å²) >= 11 is 0. The van der Waals surface area contributed by atoms with Crippen molar-refractivity contribution in [3.8, 4) is 0 Å². The molecule has 0 heterocycles. The molecule has 1 N–H and O–H groups in total. The Morgan fingerprint density at radius 1 is 1.05 bits per heavy atom. The fourth-order valence-electron chi connectivity index (χ4n) is 2.49. The first-order chi connectivity index (χ1) is 9.94. The predicted octanol–water partition coefficient (Wildman–Crippen LogP) is 3.04. The van der Waals surface area contributed by atoms with Crippen molar-refractivity contribution in [3.63, 3.8) is 0 Å². The Hall–Kier alpha value is -1.65. The van der Waals surface area contributed by atoms with Gasteiger partial charge >= 0.3 is 0 Å². The van der Waals surface area contributed by atoms with Gasteiger partial charge in [0.25, 0.3) is 0 Å². The largest absolute Gasteiger partial charge is 0.312 e. The monoisotopic (exact) mass is 303 g/mol. The van der Waals surface area contributed by atoms with Gasteiger partial charge in [-0.2, -0.15) is 0 Å². The van der Waals surface area contributed by atoms with E-state index < -0.39 is 9.84 Å². The van der Waals surface area contributed by atoms with Crippen LogP contribution in [0.5, 0.6) is 0 Å². The number of hydrogen-bond donors (Lipinski definition) is 1. The van der Waals surface area contributed by atoms with Gasteiger partial charge in [0.2, 0.25) is 0 Å². The van der Waals surface area contributed by atoms with Gasteiger partial charge in [-0.25, -0.2) is 8.42 Å². The second-order valence-corrected chi connectivity index (χ2v) is 7.33. The van der Waals surface area contributed by atoms with Crippen molar-refractivity contribution in [1.82, 2.24) is 5.32 Å². The summed E-state index contributed by atoms with van der Waals surface area (Å²) in [5.74, 6) is 0.0530. The number of rotatable bonds is 5. The fraction of sp³-hybridized carbons (Fsp3) is 0.294. The second kappa shape index (κ2) is 6.41. The highest BCUT2D eigenvalue weighted by atomic mass is 32.2. The number of aryl methyl sites for hydroxylation is 2. The van der Waals surface area contributed by atoms with Crippen LogP contribution in [-0.2, 0) is 9.84 Å². The third-order valence-corrected chi connectivity index (χ3v) is 5.40. The lowest BCUT2D eigenvalue weighted by Gasteiger charge is -2.19. The van der Waals surface area contributed by atoms with Crippen LogP contribution in [0.4, 0.5) is 0 Å². The molecule has 0 aliphatic rings. The van der Waals surface area contributed by atoms with Gasteiger partial charge in [-0.05, 0) is 44.2 Å². The summed E-state index contributed by atoms with van der Waals surface area (Å²) in [6, 6.07) is 14.5. The molecule has 3 nitrogen and oxygen atoms in total. The molecule has 1 atom stereocenters. The number of hydrogen-bond acceptors (Lipinski definition) is 3. The molecule has 2 aromatic rings. The molecule has 0 amide bonds. The lowest BCUT2D eigenvalue weighted by molar-refractivity contribution is 0.573. The zero-order valence-corrected chi connectivity index (χ0v) is 13.4. The van der Waals surface area contributed by atoms with E-state index in [1.807, 2.05) is 32.0 Å². The lowest BCUT2D eigenvalue weighted by Crippen LogP contribution is -2.26. The van der Waals surface area contributed by atoms with Crippen LogP contribution in [0, 0.1) is 13.8 Å². The normalized spacial score (nSPS) is 13.1. The molecule has 0 bridgehead atoms. The van der Waals surface area contributed by atoms with Crippen LogP contribution in [0.1, 0.15) is 22.7 Å². The van der Waals surface area contributed by atoms with Crippen LogP contribution in [-0.4, -0.2) is 21.2 Å². The molecule has 0 aliphatic carbocycles. The first-order valence-electron chi connectivity index (χ1n) is 6.96. The molecule has 21 heavy (non-hydrogen) atoms. The quantitative estimate of drug-likeness (QED) is 0.923. The molecule has 1 unspecified atom stereocenters. The van der Waals surface area contributed by atoms with Crippen molar-refractivity contribution in [2.75, 3.05) is 12.8 Å². The van der Waals surface area contributed by atoms with Crippen LogP contribution in [0.25, 0.3) is 0 Å². The SMILES string of the molecule is CNC(CS(=O)(=O)c1ccccc1)c1ccc(C)cc1C. The van der Waals surface area contributed by atoms with Gasteiger partial charge in [-0.3, -0.25) is 0 Å². The summed E-state index contributed by atoms with van der Waals surface area (Å²) in [6.45, 7) is 4.05. The zero-order chi connectivity index (χ0) is 15.5. The van der Waals surface area contributed by atoms with Gasteiger partial charge < -0.3 is 5.32 Å². The van der Waals surface area contributed by atoms with Crippen molar-refractivity contribution in [3.05, 3.63) is 65.2 Å². The maximum absolute atomic E-state index is 12.5. The van der Waals surface area contributed by atoms with Crippen LogP contribution in [0.3, 0.4) is 0 Å². The van der Waals surface area contributed by atoms with Crippen molar-refractivity contribution < 1.29 is 8.42 Å². The summed E-state index contributed by atoms with van der Waals surface area (Å²) < 4.78 is 25.0. The van der Waals surface area contributed by atoms with E-state index in [-0.39, 0.29) is 11.8 Å². The Morgan fingerprint density at radius 3 is 2.29 bits per heavy atom. The van der Waals surface area contributed by atoms with E-state index in [9.17, 15) is 8.42 Å². The summed E-state index contributed by atoms with van der Waals surface area (Å²) in [4.78, 5) is 0.370. The summed E-state index contributed by atoms with van der Waals surface area (Å²) in [7, 11) is -1.51. The molecule has 2 rings (SSSR count). The fourth-order valence-corrected chi connectivity index (χ4v) is 4.04. The van der Waals surface area contributed by atoms with E-state index in [0.29, 0.717) is 4.90 Å². The molecular formula is C17H21NO2S. The number of sulfone groups is 1. The van der Waals surface area contributed by atoms with Gasteiger partial charge in [0.05, 0.1) is 10.6 Å². The van der Waals surface area contributed by atoms with E-state index >= 15 is 0 Å². The predicted molar refractivity (Wildman–Crippen MR) is 86.2 cm³/mol. The second-order valence-electron chi connectivity index (χ2n) is 5.30. The Kier molecular flexibility index (Phi) is 4.80. The molecule has 0 saturated heterocycles. The summed E-state index contributed by atoms with van der Waals surface area (Å²) in [5, 5.41) is 3.13. The van der Waals surface area contributed by atoms with Crippen molar-refractivity contribution in [1.29, 1.82) is 0 Å². The summed E-state index contributed by atoms with van der Waals surface area (Å²) in [6.07, 6.45) is 0. The van der Waals surface area contributed by atoms with Crippen molar-refractivity contribution in [2.24, 2.45) is 0 Å². The molecule has 0 spiro atoms. The average molecular weight is 303 g/mol. The van der Waals surface area contributed by atoms with E-state index in [4.69, 9.17) is 0 Å². The first kappa shape index (κ1) is 15.7. The third-order valence-electron chi connectivity index (χ3n) is 3.64. The van der Waals surface area contributed by atoms with Gasteiger partial charge in [0.1, 0.15) is 0 Å². The minimum absolute atomic E-state index is 0.0530. The molecule has 0 radical (unpaired) electrons. The van der Waals surface area contributed by atoms with Crippen LogP contribution in [0.15, 0.2) is 53.4 Å². The maximum atomic E-state index is 12.5. The Labute approximate surface area is 126 Å². The topological polar surface area (TPSA) is 46.2 Å². The minimum atomic E-state index is -3.31. The van der Waals surface area contributed by atoms with E-state index in [1.165, 1.54) is 5.56 Å². The van der Waals surface area contributed by atoms with Gasteiger partial charge in [-0.1, -0.05) is 42.0 Å². The van der Waals surface area contributed by atoms with E-state index in [0.717, 1.165) is 11.1 Å². The highest BCUT2D eigenvalue weighted by Crippen LogP contribution is 2.23. The Balaban J connectivity index is 2.31. The van der Waals surface area contributed by atoms with Crippen LogP contribution >= 0.6 is 0 Å². The highest BCUT2D eigenvalue weighted by molar-refractivity contribution is 7.91. The maximum Gasteiger partial charge on any atom is 0.180 e. The molecule has 4 heteroatoms. The molecular weight excluding hydrogens is 282 g/mol. The smallest absolute Gasteiger partial charge is 0.180 e. The molecule has 0 aromatic heterocycles. The number of nitrogens with one attached hydrogen (secondary N) is 1. The Bertz CT molecular complexity index is 709. The van der Waals surface area contributed by atoms with Gasteiger partial charge in [0.15, 0.2) is 9.84 Å². The third kappa shape index (κ3) is 3.71. The number of benzene rings is 2. The van der Waals surface area contributed by atoms with Crippen LogP contribution in [0.2, 0.25) is 0 Å². The molecule has 0 aliphatic heterocycles. The summed E-state index contributed by atoms with van der Waals surface area (Å²) in [5.41, 5.74) is 3.32. The van der Waals surface area contributed by atoms with Crippen molar-refractivity contribution in [2.45, 2.75) is 24.8 Å². The zero-order valence-electron chi connectivity index (χ0n) is 12.6. The molecule has 0 fully saturated rings. The molecule has 112 valence electrons. The van der Waals surface area contributed by atoms with Crippen molar-refractivity contribution >= 4 is 9.84 Å². The Morgan fingerprint density at radius 2 is 1.71 bits per heavy atom. The van der Waals surface area contributed by atoms with E-state index in [1.54, 1.807) is 31.3 Å². The standard InChI is InChI=1S/C17H21NO2S/c1-13-9-10-16(14(2)11-13)17(18-3)12-21(19,20)15-7-5-4-6-8-15/h4-11,17-18H,12H2,1-3H3. The van der Waals surface area contributed by atoms with E-state index in [2.05, 4.69) is 11.4 Å². The highest BCUT2D eigenvalue weighted by Gasteiger charge is 2.22. The van der Waals surface area contributed by atoms with Gasteiger partial charge in [-0.15, -0.1) is 0 Å². The minimum Gasteiger partial charge on any atom is -0.312 e. The first-order valence-corrected chi connectivity index (χ1v) is 8.61. The van der Waals surface area contributed by atoms with Gasteiger partial charge in [0, 0.05) is 6.04 Å². The molecule has 2 aromatic carbocycles. The molecule has 0 saturated carbocycles. The lowest BCUT2D eigenvalue weighted by atomic mass is 10.0.